The standard InChI is InChI=1S/C9H6N.ClH.Sn/c1-2-6-9-8(4-1)5-3-7-10-9;;/h1-4,6-7H;1H;/q;;+1/p-1. The Hall–Kier alpha value is -0.281. The van der Waals surface area contributed by atoms with Crippen molar-refractivity contribution < 1.29 is 0 Å². The zero-order valence-corrected chi connectivity index (χ0v) is 9.90. The first-order valence-corrected chi connectivity index (χ1v) is 8.66. The molecule has 0 fully saturated rings. The third kappa shape index (κ3) is 1.43. The van der Waals surface area contributed by atoms with Crippen LogP contribution in [0.3, 0.4) is 0 Å². The number of fused-ring (bicyclic) bond motifs is 1. The first-order chi connectivity index (χ1) is 5.92. The van der Waals surface area contributed by atoms with Crippen molar-refractivity contribution in [3.05, 3.63) is 36.5 Å². The van der Waals surface area contributed by atoms with E-state index in [9.17, 15) is 0 Å². The molecule has 0 saturated heterocycles. The van der Waals surface area contributed by atoms with Crippen LogP contribution in [0.5, 0.6) is 0 Å². The molecule has 1 nitrogen and oxygen atoms in total. The van der Waals surface area contributed by atoms with Gasteiger partial charge in [-0.3, -0.25) is 0 Å². The fourth-order valence-electron chi connectivity index (χ4n) is 1.18. The molecule has 12 heavy (non-hydrogen) atoms. The van der Waals surface area contributed by atoms with Crippen LogP contribution in [-0.2, 0) is 0 Å². The molecule has 3 heteroatoms. The Labute approximate surface area is 84.7 Å². The Kier molecular flexibility index (Phi) is 2.51. The maximum absolute atomic E-state index is 5.95. The monoisotopic (exact) mass is 283 g/mol. The van der Waals surface area contributed by atoms with Crippen molar-refractivity contribution in [2.75, 3.05) is 0 Å². The molecule has 0 bridgehead atoms. The van der Waals surface area contributed by atoms with Crippen molar-refractivity contribution in [2.24, 2.45) is 0 Å². The van der Waals surface area contributed by atoms with Crippen LogP contribution >= 0.6 is 8.92 Å². The summed E-state index contributed by atoms with van der Waals surface area (Å²) >= 11 is -0.854. The first kappa shape index (κ1) is 8.32. The molecule has 0 N–H and O–H groups in total. The molecule has 1 heterocycles. The molecule has 0 saturated carbocycles. The van der Waals surface area contributed by atoms with E-state index in [-0.39, 0.29) is 0 Å². The van der Waals surface area contributed by atoms with Gasteiger partial charge in [-0.2, -0.15) is 0 Å². The molecule has 0 aliphatic rings. The molecular formula is C9H6ClNSn. The summed E-state index contributed by atoms with van der Waals surface area (Å²) in [7, 11) is 5.95. The Morgan fingerprint density at radius 1 is 1.17 bits per heavy atom. The molecule has 1 aromatic heterocycles. The summed E-state index contributed by atoms with van der Waals surface area (Å²) in [5.74, 6) is 0. The van der Waals surface area contributed by atoms with Gasteiger partial charge in [0.15, 0.2) is 0 Å². The molecule has 58 valence electrons. The molecule has 1 aromatic carbocycles. The van der Waals surface area contributed by atoms with Crippen LogP contribution in [0, 0.1) is 0 Å². The van der Waals surface area contributed by atoms with Gasteiger partial charge in [0.25, 0.3) is 0 Å². The third-order valence-corrected chi connectivity index (χ3v) is 4.94. The van der Waals surface area contributed by atoms with Gasteiger partial charge >= 0.3 is 84.9 Å². The van der Waals surface area contributed by atoms with E-state index < -0.39 is 20.0 Å². The second kappa shape index (κ2) is 3.62. The summed E-state index contributed by atoms with van der Waals surface area (Å²) < 4.78 is 1.31. The van der Waals surface area contributed by atoms with E-state index in [0.717, 1.165) is 5.52 Å². The second-order valence-corrected chi connectivity index (χ2v) is 5.81. The fourth-order valence-corrected chi connectivity index (χ4v) is 3.57. The molecule has 0 aliphatic heterocycles. The average molecular weight is 282 g/mol. The van der Waals surface area contributed by atoms with E-state index in [1.165, 1.54) is 8.97 Å². The van der Waals surface area contributed by atoms with Gasteiger partial charge in [-0.1, -0.05) is 0 Å². The normalized spacial score (nSPS) is 10.4. The van der Waals surface area contributed by atoms with Gasteiger partial charge in [0.1, 0.15) is 0 Å². The summed E-state index contributed by atoms with van der Waals surface area (Å²) in [6.07, 6.45) is 1.83. The van der Waals surface area contributed by atoms with E-state index in [1.807, 2.05) is 30.5 Å². The van der Waals surface area contributed by atoms with Gasteiger partial charge < -0.3 is 0 Å². The van der Waals surface area contributed by atoms with Crippen molar-refractivity contribution in [3.63, 3.8) is 0 Å². The van der Waals surface area contributed by atoms with Crippen molar-refractivity contribution in [3.8, 4) is 0 Å². The van der Waals surface area contributed by atoms with Crippen LogP contribution in [0.15, 0.2) is 36.5 Å². The predicted octanol–water partition coefficient (Wildman–Crippen LogP) is 1.72. The average Bonchev–Trinajstić information content (AvgIpc) is 2.17. The molecular weight excluding hydrogens is 276 g/mol. The van der Waals surface area contributed by atoms with Gasteiger partial charge in [0, 0.05) is 0 Å². The minimum absolute atomic E-state index is 0.854. The maximum atomic E-state index is 5.95. The van der Waals surface area contributed by atoms with Crippen molar-refractivity contribution in [2.45, 2.75) is 0 Å². The second-order valence-electron chi connectivity index (χ2n) is 2.47. The number of pyridine rings is 1. The van der Waals surface area contributed by atoms with E-state index in [1.54, 1.807) is 0 Å². The fraction of sp³-hybridized carbons (Fsp3) is 0. The number of hydrogen-bond acceptors (Lipinski definition) is 1. The zero-order valence-electron chi connectivity index (χ0n) is 6.29. The number of rotatable bonds is 1. The number of aromatic nitrogens is 1. The molecule has 2 aromatic rings. The number of para-hydroxylation sites is 1. The first-order valence-electron chi connectivity index (χ1n) is 3.62. The van der Waals surface area contributed by atoms with Crippen LogP contribution in [-0.4, -0.2) is 25.0 Å². The number of hydrogen-bond donors (Lipinski definition) is 0. The number of halogens is 1. The molecule has 0 spiro atoms. The summed E-state index contributed by atoms with van der Waals surface area (Å²) in [5.41, 5.74) is 1.05. The summed E-state index contributed by atoms with van der Waals surface area (Å²) in [5, 5.41) is 1.22. The van der Waals surface area contributed by atoms with Gasteiger partial charge in [-0.05, 0) is 0 Å². The van der Waals surface area contributed by atoms with E-state index in [0.29, 0.717) is 0 Å². The molecule has 0 aliphatic carbocycles. The van der Waals surface area contributed by atoms with Crippen LogP contribution in [0.25, 0.3) is 10.9 Å². The van der Waals surface area contributed by atoms with Gasteiger partial charge in [-0.25, -0.2) is 0 Å². The predicted molar refractivity (Wildman–Crippen MR) is 53.0 cm³/mol. The molecule has 2 radical (unpaired) electrons. The van der Waals surface area contributed by atoms with E-state index in [4.69, 9.17) is 8.92 Å². The number of benzene rings is 1. The molecule has 0 atom stereocenters. The van der Waals surface area contributed by atoms with Crippen LogP contribution < -0.4 is 3.58 Å². The van der Waals surface area contributed by atoms with Crippen LogP contribution in [0.1, 0.15) is 0 Å². The minimum atomic E-state index is -0.854. The SMILES string of the molecule is [Cl][Sn][c]1ccnc2ccccc12. The Morgan fingerprint density at radius 3 is 2.83 bits per heavy atom. The zero-order chi connectivity index (χ0) is 8.39. The summed E-state index contributed by atoms with van der Waals surface area (Å²) in [4.78, 5) is 4.26. The van der Waals surface area contributed by atoms with E-state index in [2.05, 4.69) is 11.1 Å². The summed E-state index contributed by atoms with van der Waals surface area (Å²) in [6.45, 7) is 0. The van der Waals surface area contributed by atoms with Crippen LogP contribution in [0.2, 0.25) is 0 Å². The Balaban J connectivity index is 2.79. The van der Waals surface area contributed by atoms with E-state index >= 15 is 0 Å². The topological polar surface area (TPSA) is 12.9 Å². The van der Waals surface area contributed by atoms with Crippen molar-refractivity contribution in [1.82, 2.24) is 4.98 Å². The summed E-state index contributed by atoms with van der Waals surface area (Å²) in [6, 6.07) is 10.2. The van der Waals surface area contributed by atoms with Gasteiger partial charge in [0.05, 0.1) is 0 Å². The third-order valence-electron chi connectivity index (χ3n) is 1.75. The molecule has 0 unspecified atom stereocenters. The Morgan fingerprint density at radius 2 is 2.00 bits per heavy atom. The molecule has 2 rings (SSSR count). The quantitative estimate of drug-likeness (QED) is 0.726. The van der Waals surface area contributed by atoms with Gasteiger partial charge in [-0.15, -0.1) is 0 Å². The van der Waals surface area contributed by atoms with Crippen molar-refractivity contribution in [1.29, 1.82) is 0 Å². The van der Waals surface area contributed by atoms with Gasteiger partial charge in [0.2, 0.25) is 0 Å². The number of nitrogens with zero attached hydrogens (tertiary/aromatic N) is 1. The van der Waals surface area contributed by atoms with Crippen LogP contribution in [0.4, 0.5) is 0 Å². The van der Waals surface area contributed by atoms with Crippen molar-refractivity contribution >= 4 is 43.4 Å². The molecule has 0 amide bonds. The Bertz CT molecular complexity index is 397.